The maximum Gasteiger partial charge on any atom is 0.268 e. The average Bonchev–Trinajstić information content (AvgIpc) is 2.55. The maximum atomic E-state index is 12.0. The highest BCUT2D eigenvalue weighted by molar-refractivity contribution is 9.10. The highest BCUT2D eigenvalue weighted by atomic mass is 79.9. The Morgan fingerprint density at radius 2 is 2.06 bits per heavy atom. The molecule has 1 aromatic heterocycles. The summed E-state index contributed by atoms with van der Waals surface area (Å²) in [6, 6.07) is 2.06. The van der Waals surface area contributed by atoms with Crippen molar-refractivity contribution in [1.82, 2.24) is 9.88 Å². The molecule has 0 saturated carbocycles. The molecule has 0 aliphatic heterocycles. The first-order valence-corrected chi connectivity index (χ1v) is 6.82. The summed E-state index contributed by atoms with van der Waals surface area (Å²) in [6.45, 7) is 6.45. The number of carbonyl (C=O) groups is 1. The van der Waals surface area contributed by atoms with Crippen LogP contribution in [-0.2, 0) is 7.05 Å². The monoisotopic (exact) mass is 300 g/mol. The van der Waals surface area contributed by atoms with Gasteiger partial charge in [-0.2, -0.15) is 0 Å². The number of nitrogens with one attached hydrogen (secondary N) is 1. The normalized spacial score (nSPS) is 12.8. The van der Waals surface area contributed by atoms with Gasteiger partial charge in [0.2, 0.25) is 0 Å². The van der Waals surface area contributed by atoms with E-state index in [2.05, 4.69) is 42.0 Å². The van der Waals surface area contributed by atoms with Gasteiger partial charge in [-0.1, -0.05) is 13.8 Å². The van der Waals surface area contributed by atoms with Crippen LogP contribution < -0.4 is 5.32 Å². The minimum Gasteiger partial charge on any atom is -0.348 e. The van der Waals surface area contributed by atoms with Gasteiger partial charge in [-0.05, 0) is 47.7 Å². The van der Waals surface area contributed by atoms with E-state index in [-0.39, 0.29) is 11.9 Å². The maximum absolute atomic E-state index is 12.0. The van der Waals surface area contributed by atoms with Crippen LogP contribution in [0.25, 0.3) is 0 Å². The Labute approximate surface area is 112 Å². The van der Waals surface area contributed by atoms with Crippen molar-refractivity contribution in [2.75, 3.05) is 0 Å². The van der Waals surface area contributed by atoms with Crippen molar-refractivity contribution >= 4 is 21.8 Å². The highest BCUT2D eigenvalue weighted by Gasteiger charge is 2.13. The lowest BCUT2D eigenvalue weighted by atomic mass is 10.0. The topological polar surface area (TPSA) is 34.0 Å². The molecule has 96 valence electrons. The molecular weight excluding hydrogens is 280 g/mol. The van der Waals surface area contributed by atoms with Crippen molar-refractivity contribution in [3.05, 3.63) is 22.4 Å². The Kier molecular flexibility index (Phi) is 5.25. The molecule has 0 aromatic carbocycles. The summed E-state index contributed by atoms with van der Waals surface area (Å²) >= 11 is 3.37. The summed E-state index contributed by atoms with van der Waals surface area (Å²) in [5.74, 6) is 0.674. The predicted molar refractivity (Wildman–Crippen MR) is 74.1 cm³/mol. The zero-order valence-electron chi connectivity index (χ0n) is 11.0. The number of hydrogen-bond acceptors (Lipinski definition) is 1. The molecule has 0 bridgehead atoms. The second-order valence-corrected chi connectivity index (χ2v) is 5.92. The van der Waals surface area contributed by atoms with E-state index in [0.29, 0.717) is 11.6 Å². The first-order valence-electron chi connectivity index (χ1n) is 6.03. The molecule has 17 heavy (non-hydrogen) atoms. The number of aryl methyl sites for hydroxylation is 1. The summed E-state index contributed by atoms with van der Waals surface area (Å²) < 4.78 is 2.76. The molecule has 0 fully saturated rings. The molecule has 0 spiro atoms. The van der Waals surface area contributed by atoms with E-state index in [9.17, 15) is 4.79 Å². The minimum absolute atomic E-state index is 0.00513. The van der Waals surface area contributed by atoms with E-state index in [4.69, 9.17) is 0 Å². The first kappa shape index (κ1) is 14.3. The molecule has 1 N–H and O–H groups in total. The van der Waals surface area contributed by atoms with Crippen LogP contribution in [0.2, 0.25) is 0 Å². The lowest BCUT2D eigenvalue weighted by Gasteiger charge is -2.15. The zero-order chi connectivity index (χ0) is 13.0. The van der Waals surface area contributed by atoms with E-state index in [1.165, 1.54) is 0 Å². The van der Waals surface area contributed by atoms with Gasteiger partial charge in [-0.15, -0.1) is 0 Å². The van der Waals surface area contributed by atoms with Crippen molar-refractivity contribution in [2.24, 2.45) is 13.0 Å². The van der Waals surface area contributed by atoms with Gasteiger partial charge < -0.3 is 9.88 Å². The van der Waals surface area contributed by atoms with E-state index in [1.807, 2.05) is 23.9 Å². The summed E-state index contributed by atoms with van der Waals surface area (Å²) in [5, 5.41) is 3.03. The molecule has 0 aliphatic rings. The first-order chi connectivity index (χ1) is 7.90. The second-order valence-electron chi connectivity index (χ2n) is 5.00. The second kappa shape index (κ2) is 6.24. The fraction of sp³-hybridized carbons (Fsp3) is 0.615. The highest BCUT2D eigenvalue weighted by Crippen LogP contribution is 2.14. The molecule has 1 rings (SSSR count). The molecular formula is C13H21BrN2O. The van der Waals surface area contributed by atoms with Crippen LogP contribution in [0.1, 0.15) is 44.1 Å². The van der Waals surface area contributed by atoms with Gasteiger partial charge in [0.1, 0.15) is 5.69 Å². The van der Waals surface area contributed by atoms with Gasteiger partial charge in [0.05, 0.1) is 0 Å². The average molecular weight is 301 g/mol. The Bertz CT molecular complexity index is 385. The van der Waals surface area contributed by atoms with Crippen molar-refractivity contribution in [3.63, 3.8) is 0 Å². The van der Waals surface area contributed by atoms with Crippen molar-refractivity contribution in [1.29, 1.82) is 0 Å². The third kappa shape index (κ3) is 4.54. The number of amides is 1. The number of carbonyl (C=O) groups excluding carboxylic acids is 1. The summed E-state index contributed by atoms with van der Waals surface area (Å²) in [6.07, 6.45) is 4.04. The van der Waals surface area contributed by atoms with E-state index >= 15 is 0 Å². The molecule has 0 aliphatic carbocycles. The fourth-order valence-electron chi connectivity index (χ4n) is 1.70. The SMILES string of the molecule is CC(C)CCC(C)NC(=O)c1cc(Br)cn1C. The Balaban J connectivity index is 2.51. The van der Waals surface area contributed by atoms with Gasteiger partial charge in [0, 0.05) is 23.8 Å². The molecule has 3 nitrogen and oxygen atoms in total. The molecule has 1 unspecified atom stereocenters. The van der Waals surface area contributed by atoms with E-state index < -0.39 is 0 Å². The molecule has 0 saturated heterocycles. The van der Waals surface area contributed by atoms with Crippen molar-refractivity contribution in [2.45, 2.75) is 39.7 Å². The molecule has 1 heterocycles. The summed E-state index contributed by atoms with van der Waals surface area (Å²) in [7, 11) is 1.87. The van der Waals surface area contributed by atoms with Crippen LogP contribution in [0.5, 0.6) is 0 Å². The van der Waals surface area contributed by atoms with Crippen molar-refractivity contribution < 1.29 is 4.79 Å². The fourth-order valence-corrected chi connectivity index (χ4v) is 2.23. The Morgan fingerprint density at radius 1 is 1.41 bits per heavy atom. The molecule has 1 atom stereocenters. The van der Waals surface area contributed by atoms with Gasteiger partial charge in [-0.3, -0.25) is 4.79 Å². The van der Waals surface area contributed by atoms with E-state index in [0.717, 1.165) is 17.3 Å². The molecule has 1 amide bonds. The number of nitrogens with zero attached hydrogens (tertiary/aromatic N) is 1. The molecule has 0 radical (unpaired) electrons. The van der Waals surface area contributed by atoms with Gasteiger partial charge in [-0.25, -0.2) is 0 Å². The van der Waals surface area contributed by atoms with Crippen LogP contribution in [0.15, 0.2) is 16.7 Å². The van der Waals surface area contributed by atoms with Gasteiger partial charge >= 0.3 is 0 Å². The number of hydrogen-bond donors (Lipinski definition) is 1. The minimum atomic E-state index is -0.00513. The van der Waals surface area contributed by atoms with Crippen LogP contribution in [0.3, 0.4) is 0 Å². The van der Waals surface area contributed by atoms with Gasteiger partial charge in [0.25, 0.3) is 5.91 Å². The molecule has 4 heteroatoms. The standard InChI is InChI=1S/C13H21BrN2O/c1-9(2)5-6-10(3)15-13(17)12-7-11(14)8-16(12)4/h7-10H,5-6H2,1-4H3,(H,15,17). The third-order valence-electron chi connectivity index (χ3n) is 2.76. The van der Waals surface area contributed by atoms with Crippen LogP contribution in [0.4, 0.5) is 0 Å². The predicted octanol–water partition coefficient (Wildman–Crippen LogP) is 3.34. The summed E-state index contributed by atoms with van der Waals surface area (Å²) in [5.41, 5.74) is 0.688. The van der Waals surface area contributed by atoms with Crippen LogP contribution >= 0.6 is 15.9 Å². The van der Waals surface area contributed by atoms with Crippen LogP contribution in [-0.4, -0.2) is 16.5 Å². The summed E-state index contributed by atoms with van der Waals surface area (Å²) in [4.78, 5) is 12.0. The lowest BCUT2D eigenvalue weighted by molar-refractivity contribution is 0.0929. The Hall–Kier alpha value is -0.770. The smallest absolute Gasteiger partial charge is 0.268 e. The Morgan fingerprint density at radius 3 is 2.53 bits per heavy atom. The number of aromatic nitrogens is 1. The zero-order valence-corrected chi connectivity index (χ0v) is 12.5. The van der Waals surface area contributed by atoms with E-state index in [1.54, 1.807) is 0 Å². The van der Waals surface area contributed by atoms with Gasteiger partial charge in [0.15, 0.2) is 0 Å². The van der Waals surface area contributed by atoms with Crippen molar-refractivity contribution in [3.8, 4) is 0 Å². The number of halogens is 1. The quantitative estimate of drug-likeness (QED) is 0.889. The largest absolute Gasteiger partial charge is 0.348 e. The number of rotatable bonds is 5. The lowest BCUT2D eigenvalue weighted by Crippen LogP contribution is -2.33. The van der Waals surface area contributed by atoms with Crippen LogP contribution in [0, 0.1) is 5.92 Å². The third-order valence-corrected chi connectivity index (χ3v) is 3.19. The molecule has 1 aromatic rings.